The molecule has 3 aromatic heterocycles. The number of hydrogen-bond acceptors (Lipinski definition) is 7. The maximum Gasteiger partial charge on any atom is 0.183 e. The molecule has 4 aromatic rings. The van der Waals surface area contributed by atoms with Gasteiger partial charge >= 0.3 is 0 Å². The van der Waals surface area contributed by atoms with Crippen molar-refractivity contribution in [2.75, 3.05) is 5.73 Å². The van der Waals surface area contributed by atoms with E-state index in [1.165, 1.54) is 0 Å². The summed E-state index contributed by atoms with van der Waals surface area (Å²) in [7, 11) is 0. The summed E-state index contributed by atoms with van der Waals surface area (Å²) in [6, 6.07) is 5.58. The number of anilines is 1. The van der Waals surface area contributed by atoms with Crippen molar-refractivity contribution >= 4 is 28.3 Å². The largest absolute Gasteiger partial charge is 0.381 e. The average Bonchev–Trinajstić information content (AvgIpc) is 3.12. The van der Waals surface area contributed by atoms with Crippen LogP contribution in [0.4, 0.5) is 5.82 Å². The van der Waals surface area contributed by atoms with Gasteiger partial charge in [0.2, 0.25) is 0 Å². The molecule has 3 heterocycles. The Bertz CT molecular complexity index is 1240. The van der Waals surface area contributed by atoms with Gasteiger partial charge in [0.1, 0.15) is 23.2 Å². The molecule has 4 rings (SSSR count). The van der Waals surface area contributed by atoms with Crippen LogP contribution in [-0.4, -0.2) is 30.1 Å². The first-order valence-corrected chi connectivity index (χ1v) is 8.37. The highest BCUT2D eigenvalue weighted by Crippen LogP contribution is 2.34. The number of benzene rings is 1. The molecule has 8 nitrogen and oxygen atoms in total. The SMILES string of the molecule is Cc1cnc(C)c(-c2nc(N)c(C#N)nc2-c2cc(Cl)c3[nH]ncc3c2)n1. The van der Waals surface area contributed by atoms with Crippen LogP contribution in [0, 0.1) is 25.2 Å². The van der Waals surface area contributed by atoms with Crippen LogP contribution in [0.15, 0.2) is 24.5 Å². The van der Waals surface area contributed by atoms with E-state index in [-0.39, 0.29) is 11.5 Å². The first-order valence-electron chi connectivity index (χ1n) is 7.99. The van der Waals surface area contributed by atoms with Gasteiger partial charge in [-0.15, -0.1) is 0 Å². The molecule has 0 spiro atoms. The minimum Gasteiger partial charge on any atom is -0.381 e. The third-order valence-corrected chi connectivity index (χ3v) is 4.40. The number of H-pyrrole nitrogens is 1. The zero-order valence-corrected chi connectivity index (χ0v) is 15.2. The van der Waals surface area contributed by atoms with Crippen LogP contribution in [0.2, 0.25) is 5.02 Å². The van der Waals surface area contributed by atoms with Gasteiger partial charge in [0.15, 0.2) is 11.5 Å². The third kappa shape index (κ3) is 2.84. The summed E-state index contributed by atoms with van der Waals surface area (Å²) in [5, 5.41) is 17.5. The third-order valence-electron chi connectivity index (χ3n) is 4.10. The Morgan fingerprint density at radius 3 is 2.67 bits per heavy atom. The number of aromatic amines is 1. The summed E-state index contributed by atoms with van der Waals surface area (Å²) in [5.41, 5.74) is 10.2. The first kappa shape index (κ1) is 16.9. The highest BCUT2D eigenvalue weighted by atomic mass is 35.5. The maximum absolute atomic E-state index is 9.34. The van der Waals surface area contributed by atoms with Gasteiger partial charge in [-0.05, 0) is 26.0 Å². The van der Waals surface area contributed by atoms with E-state index >= 15 is 0 Å². The summed E-state index contributed by atoms with van der Waals surface area (Å²) < 4.78 is 0. The number of rotatable bonds is 2. The minimum atomic E-state index is 0.0365. The van der Waals surface area contributed by atoms with Crippen LogP contribution in [0.5, 0.6) is 0 Å². The van der Waals surface area contributed by atoms with Gasteiger partial charge in [-0.1, -0.05) is 11.6 Å². The first-order chi connectivity index (χ1) is 13.0. The number of aromatic nitrogens is 6. The van der Waals surface area contributed by atoms with Gasteiger partial charge < -0.3 is 5.73 Å². The zero-order valence-electron chi connectivity index (χ0n) is 14.4. The fourth-order valence-electron chi connectivity index (χ4n) is 2.81. The van der Waals surface area contributed by atoms with E-state index in [4.69, 9.17) is 17.3 Å². The number of fused-ring (bicyclic) bond motifs is 1. The lowest BCUT2D eigenvalue weighted by molar-refractivity contribution is 1.05. The lowest BCUT2D eigenvalue weighted by Crippen LogP contribution is -2.06. The highest BCUT2D eigenvalue weighted by Gasteiger charge is 2.20. The van der Waals surface area contributed by atoms with Crippen LogP contribution in [0.25, 0.3) is 33.5 Å². The van der Waals surface area contributed by atoms with E-state index in [0.717, 1.165) is 16.6 Å². The molecule has 0 unspecified atom stereocenters. The fourth-order valence-corrected chi connectivity index (χ4v) is 3.08. The highest BCUT2D eigenvalue weighted by molar-refractivity contribution is 6.35. The van der Waals surface area contributed by atoms with Crippen molar-refractivity contribution in [2.24, 2.45) is 0 Å². The number of aryl methyl sites for hydroxylation is 2. The minimum absolute atomic E-state index is 0.0365. The number of hydrogen-bond donors (Lipinski definition) is 2. The van der Waals surface area contributed by atoms with Crippen LogP contribution in [0.1, 0.15) is 17.1 Å². The molecule has 0 saturated carbocycles. The lowest BCUT2D eigenvalue weighted by Gasteiger charge is -2.12. The van der Waals surface area contributed by atoms with E-state index in [1.54, 1.807) is 18.5 Å². The molecule has 0 atom stereocenters. The molecule has 9 heteroatoms. The van der Waals surface area contributed by atoms with Gasteiger partial charge in [-0.2, -0.15) is 10.4 Å². The molecule has 0 aliphatic rings. The molecular formula is C18H13ClN8. The van der Waals surface area contributed by atoms with Crippen molar-refractivity contribution in [3.05, 3.63) is 46.6 Å². The van der Waals surface area contributed by atoms with Gasteiger partial charge in [-0.25, -0.2) is 15.0 Å². The normalized spacial score (nSPS) is 10.9. The standard InChI is InChI=1S/C18H13ClN8/c1-8-6-22-9(2)14(24-8)17-16(25-13(5-20)18(21)26-17)10-3-11-7-23-27-15(11)12(19)4-10/h3-4,6-7H,1-2H3,(H2,21,26)(H,23,27). The van der Waals surface area contributed by atoms with Crippen LogP contribution in [0.3, 0.4) is 0 Å². The van der Waals surface area contributed by atoms with Crippen LogP contribution < -0.4 is 5.73 Å². The quantitative estimate of drug-likeness (QED) is 0.549. The molecule has 1 aromatic carbocycles. The van der Waals surface area contributed by atoms with E-state index in [2.05, 4.69) is 30.1 Å². The molecule has 0 amide bonds. The predicted octanol–water partition coefficient (Wildman–Crippen LogP) is 3.20. The molecule has 0 fully saturated rings. The van der Waals surface area contributed by atoms with E-state index in [0.29, 0.717) is 33.4 Å². The predicted molar refractivity (Wildman–Crippen MR) is 102 cm³/mol. The Hall–Kier alpha value is -3.57. The molecular weight excluding hydrogens is 364 g/mol. The number of nitrogens with one attached hydrogen (secondary N) is 1. The van der Waals surface area contributed by atoms with Crippen molar-refractivity contribution in [2.45, 2.75) is 13.8 Å². The van der Waals surface area contributed by atoms with Crippen molar-refractivity contribution in [3.8, 4) is 28.7 Å². The van der Waals surface area contributed by atoms with Crippen LogP contribution in [-0.2, 0) is 0 Å². The molecule has 0 aliphatic heterocycles. The molecule has 27 heavy (non-hydrogen) atoms. The van der Waals surface area contributed by atoms with Crippen molar-refractivity contribution in [1.29, 1.82) is 5.26 Å². The van der Waals surface area contributed by atoms with Crippen molar-refractivity contribution in [1.82, 2.24) is 30.1 Å². The summed E-state index contributed by atoms with van der Waals surface area (Å²) in [5.74, 6) is 0.0365. The number of nitrogen functional groups attached to an aromatic ring is 1. The van der Waals surface area contributed by atoms with Gasteiger partial charge in [0, 0.05) is 17.1 Å². The maximum atomic E-state index is 9.34. The lowest BCUT2D eigenvalue weighted by atomic mass is 10.0. The van der Waals surface area contributed by atoms with Crippen molar-refractivity contribution in [3.63, 3.8) is 0 Å². The van der Waals surface area contributed by atoms with E-state index < -0.39 is 0 Å². The molecule has 0 aliphatic carbocycles. The summed E-state index contributed by atoms with van der Waals surface area (Å²) in [6.07, 6.45) is 3.34. The monoisotopic (exact) mass is 376 g/mol. The van der Waals surface area contributed by atoms with Crippen molar-refractivity contribution < 1.29 is 0 Å². The number of halogens is 1. The molecule has 0 saturated heterocycles. The van der Waals surface area contributed by atoms with E-state index in [1.807, 2.05) is 26.0 Å². The second-order valence-corrected chi connectivity index (χ2v) is 6.41. The van der Waals surface area contributed by atoms with Gasteiger partial charge in [-0.3, -0.25) is 10.1 Å². The Kier molecular flexibility index (Phi) is 3.94. The number of nitrogens with two attached hydrogens (primary N) is 1. The molecule has 132 valence electrons. The second kappa shape index (κ2) is 6.30. The molecule has 0 bridgehead atoms. The topological polar surface area (TPSA) is 130 Å². The Balaban J connectivity index is 2.06. The van der Waals surface area contributed by atoms with Gasteiger partial charge in [0.25, 0.3) is 0 Å². The average molecular weight is 377 g/mol. The van der Waals surface area contributed by atoms with Crippen LogP contribution >= 0.6 is 11.6 Å². The Labute approximate surface area is 159 Å². The second-order valence-electron chi connectivity index (χ2n) is 6.00. The Morgan fingerprint density at radius 1 is 1.07 bits per heavy atom. The van der Waals surface area contributed by atoms with E-state index in [9.17, 15) is 5.26 Å². The summed E-state index contributed by atoms with van der Waals surface area (Å²) in [4.78, 5) is 17.7. The number of nitrogens with zero attached hydrogens (tertiary/aromatic N) is 6. The fraction of sp³-hybridized carbons (Fsp3) is 0.111. The molecule has 0 radical (unpaired) electrons. The smallest absolute Gasteiger partial charge is 0.183 e. The van der Waals surface area contributed by atoms with Gasteiger partial charge in [0.05, 0.1) is 28.1 Å². The molecule has 3 N–H and O–H groups in total. The summed E-state index contributed by atoms with van der Waals surface area (Å²) >= 11 is 6.38. The number of nitriles is 1. The zero-order chi connectivity index (χ0) is 19.1. The summed E-state index contributed by atoms with van der Waals surface area (Å²) in [6.45, 7) is 3.67. The Morgan fingerprint density at radius 2 is 1.89 bits per heavy atom.